The van der Waals surface area contributed by atoms with Gasteiger partial charge in [-0.25, -0.2) is 0 Å². The van der Waals surface area contributed by atoms with E-state index in [9.17, 15) is 14.7 Å². The molecule has 6 nitrogen and oxygen atoms in total. The second-order valence-electron chi connectivity index (χ2n) is 5.85. The highest BCUT2D eigenvalue weighted by molar-refractivity contribution is 5.72. The first-order valence-electron chi connectivity index (χ1n) is 6.65. The summed E-state index contributed by atoms with van der Waals surface area (Å²) in [6, 6.07) is 0. The van der Waals surface area contributed by atoms with Gasteiger partial charge in [0.15, 0.2) is 6.10 Å². The molecule has 20 heavy (non-hydrogen) atoms. The van der Waals surface area contributed by atoms with Crippen LogP contribution in [-0.4, -0.2) is 66.5 Å². The fourth-order valence-electron chi connectivity index (χ4n) is 1.75. The van der Waals surface area contributed by atoms with Crippen molar-refractivity contribution in [3.8, 4) is 0 Å². The van der Waals surface area contributed by atoms with E-state index in [0.29, 0.717) is 17.4 Å². The molecule has 0 heterocycles. The maximum Gasteiger partial charge on any atom is 0.308 e. The van der Waals surface area contributed by atoms with E-state index in [1.165, 1.54) is 0 Å². The van der Waals surface area contributed by atoms with Crippen LogP contribution in [0.3, 0.4) is 0 Å². The minimum absolute atomic E-state index is 0.127. The molecule has 0 aliphatic carbocycles. The highest BCUT2D eigenvalue weighted by Crippen LogP contribution is 2.08. The van der Waals surface area contributed by atoms with E-state index in [4.69, 9.17) is 9.84 Å². The third-order valence-electron chi connectivity index (χ3n) is 2.50. The lowest BCUT2D eigenvalue weighted by molar-refractivity contribution is -0.873. The maximum absolute atomic E-state index is 11.7. The SMILES string of the molecule is C/C=C/CC(O)CC(=O)OC(CC(=O)O)C[N+](C)(C)C. The zero-order chi connectivity index (χ0) is 15.8. The number of quaternary nitrogens is 1. The summed E-state index contributed by atoms with van der Waals surface area (Å²) in [5.41, 5.74) is 0. The summed E-state index contributed by atoms with van der Waals surface area (Å²) < 4.78 is 5.66. The van der Waals surface area contributed by atoms with Gasteiger partial charge < -0.3 is 19.4 Å². The van der Waals surface area contributed by atoms with Crippen molar-refractivity contribution in [2.45, 2.75) is 38.4 Å². The Morgan fingerprint density at radius 1 is 1.25 bits per heavy atom. The molecule has 0 bridgehead atoms. The van der Waals surface area contributed by atoms with E-state index in [1.54, 1.807) is 12.2 Å². The van der Waals surface area contributed by atoms with Gasteiger partial charge in [-0.05, 0) is 13.3 Å². The lowest BCUT2D eigenvalue weighted by Gasteiger charge is -2.28. The number of carboxylic acid groups (broad SMARTS) is 1. The number of aliphatic hydroxyl groups excluding tert-OH is 1. The summed E-state index contributed by atoms with van der Waals surface area (Å²) in [4.78, 5) is 22.5. The molecule has 0 aliphatic rings. The van der Waals surface area contributed by atoms with Gasteiger partial charge in [0.25, 0.3) is 0 Å². The third kappa shape index (κ3) is 10.5. The van der Waals surface area contributed by atoms with E-state index in [-0.39, 0.29) is 12.8 Å². The van der Waals surface area contributed by atoms with Crippen LogP contribution in [-0.2, 0) is 14.3 Å². The lowest BCUT2D eigenvalue weighted by Crippen LogP contribution is -2.44. The van der Waals surface area contributed by atoms with E-state index >= 15 is 0 Å². The number of likely N-dealkylation sites (N-methyl/N-ethyl adjacent to an activating group) is 1. The van der Waals surface area contributed by atoms with Crippen LogP contribution in [0.4, 0.5) is 0 Å². The second-order valence-corrected chi connectivity index (χ2v) is 5.85. The summed E-state index contributed by atoms with van der Waals surface area (Å²) in [5, 5.41) is 18.4. The number of nitrogens with zero attached hydrogens (tertiary/aromatic N) is 1. The Kier molecular flexibility index (Phi) is 8.10. The van der Waals surface area contributed by atoms with Gasteiger partial charge in [0, 0.05) is 0 Å². The van der Waals surface area contributed by atoms with Crippen LogP contribution in [0.25, 0.3) is 0 Å². The zero-order valence-electron chi connectivity index (χ0n) is 12.7. The van der Waals surface area contributed by atoms with Crippen molar-refractivity contribution >= 4 is 11.9 Å². The van der Waals surface area contributed by atoms with Crippen molar-refractivity contribution < 1.29 is 29.0 Å². The Morgan fingerprint density at radius 3 is 2.30 bits per heavy atom. The Balaban J connectivity index is 4.41. The van der Waals surface area contributed by atoms with Crippen molar-refractivity contribution in [1.29, 1.82) is 0 Å². The van der Waals surface area contributed by atoms with Crippen LogP contribution in [0.15, 0.2) is 12.2 Å². The molecule has 0 rings (SSSR count). The second kappa shape index (κ2) is 8.71. The van der Waals surface area contributed by atoms with Gasteiger partial charge in [0.2, 0.25) is 0 Å². The molecule has 0 fully saturated rings. The van der Waals surface area contributed by atoms with Gasteiger partial charge in [0.1, 0.15) is 6.54 Å². The number of carboxylic acids is 1. The predicted octanol–water partition coefficient (Wildman–Crippen LogP) is 0.796. The molecule has 0 aliphatic heterocycles. The Hall–Kier alpha value is -1.40. The topological polar surface area (TPSA) is 83.8 Å². The largest absolute Gasteiger partial charge is 0.481 e. The van der Waals surface area contributed by atoms with Crippen LogP contribution in [0.1, 0.15) is 26.2 Å². The summed E-state index contributed by atoms with van der Waals surface area (Å²) in [6.45, 7) is 2.23. The van der Waals surface area contributed by atoms with Crippen molar-refractivity contribution in [1.82, 2.24) is 0 Å². The number of aliphatic hydroxyl groups is 1. The number of ether oxygens (including phenoxy) is 1. The van der Waals surface area contributed by atoms with E-state index in [0.717, 1.165) is 0 Å². The van der Waals surface area contributed by atoms with Crippen LogP contribution in [0.5, 0.6) is 0 Å². The van der Waals surface area contributed by atoms with Crippen LogP contribution in [0, 0.1) is 0 Å². The van der Waals surface area contributed by atoms with Crippen molar-refractivity contribution in [2.75, 3.05) is 27.7 Å². The van der Waals surface area contributed by atoms with Gasteiger partial charge in [-0.1, -0.05) is 12.2 Å². The first-order valence-corrected chi connectivity index (χ1v) is 6.65. The standard InChI is InChI=1S/C14H25NO5/c1-5-6-7-11(16)8-14(19)20-12(9-13(17)18)10-15(2,3)4/h5-6,11-12,16H,7-10H2,1-4H3/p+1/b6-5+. The summed E-state index contributed by atoms with van der Waals surface area (Å²) in [5.74, 6) is -1.58. The lowest BCUT2D eigenvalue weighted by atomic mass is 10.1. The minimum atomic E-state index is -1.01. The number of carbonyl (C=O) groups excluding carboxylic acids is 1. The molecule has 0 saturated heterocycles. The molecule has 2 atom stereocenters. The number of hydrogen-bond donors (Lipinski definition) is 2. The molecule has 0 saturated carbocycles. The average molecular weight is 288 g/mol. The first kappa shape index (κ1) is 18.6. The molecular weight excluding hydrogens is 262 g/mol. The van der Waals surface area contributed by atoms with Crippen LogP contribution < -0.4 is 0 Å². The summed E-state index contributed by atoms with van der Waals surface area (Å²) in [7, 11) is 5.68. The number of carbonyl (C=O) groups is 2. The molecule has 116 valence electrons. The molecule has 0 aromatic carbocycles. The summed E-state index contributed by atoms with van der Waals surface area (Å²) >= 11 is 0. The van der Waals surface area contributed by atoms with Crippen LogP contribution >= 0.6 is 0 Å². The molecule has 0 aromatic heterocycles. The van der Waals surface area contributed by atoms with Crippen LogP contribution in [0.2, 0.25) is 0 Å². The van der Waals surface area contributed by atoms with Gasteiger partial charge >= 0.3 is 11.9 Å². The number of allylic oxidation sites excluding steroid dienone is 1. The number of hydrogen-bond acceptors (Lipinski definition) is 4. The minimum Gasteiger partial charge on any atom is -0.481 e. The molecular formula is C14H26NO5+. The molecule has 0 radical (unpaired) electrons. The molecule has 0 amide bonds. The average Bonchev–Trinajstić information content (AvgIpc) is 2.22. The highest BCUT2D eigenvalue weighted by Gasteiger charge is 2.25. The van der Waals surface area contributed by atoms with Gasteiger partial charge in [0.05, 0.1) is 40.1 Å². The highest BCUT2D eigenvalue weighted by atomic mass is 16.5. The van der Waals surface area contributed by atoms with Crippen molar-refractivity contribution in [3.63, 3.8) is 0 Å². The fraction of sp³-hybridized carbons (Fsp3) is 0.714. The Bertz CT molecular complexity index is 346. The van der Waals surface area contributed by atoms with Gasteiger partial charge in [-0.3, -0.25) is 9.59 Å². The maximum atomic E-state index is 11.7. The number of rotatable bonds is 9. The Morgan fingerprint density at radius 2 is 1.85 bits per heavy atom. The molecule has 2 N–H and O–H groups in total. The van der Waals surface area contributed by atoms with Crippen molar-refractivity contribution in [2.24, 2.45) is 0 Å². The van der Waals surface area contributed by atoms with E-state index in [2.05, 4.69) is 0 Å². The predicted molar refractivity (Wildman–Crippen MR) is 75.1 cm³/mol. The fourth-order valence-corrected chi connectivity index (χ4v) is 1.75. The molecule has 6 heteroatoms. The molecule has 0 aromatic rings. The normalized spacial score (nSPS) is 15.1. The quantitative estimate of drug-likeness (QED) is 0.372. The smallest absolute Gasteiger partial charge is 0.308 e. The van der Waals surface area contributed by atoms with E-state index < -0.39 is 24.1 Å². The Labute approximate surface area is 120 Å². The monoisotopic (exact) mass is 288 g/mol. The van der Waals surface area contributed by atoms with Crippen molar-refractivity contribution in [3.05, 3.63) is 12.2 Å². The zero-order valence-corrected chi connectivity index (χ0v) is 12.7. The first-order chi connectivity index (χ1) is 9.14. The summed E-state index contributed by atoms with van der Waals surface area (Å²) in [6.07, 6.45) is 2.09. The van der Waals surface area contributed by atoms with E-state index in [1.807, 2.05) is 28.1 Å². The van der Waals surface area contributed by atoms with Gasteiger partial charge in [-0.2, -0.15) is 0 Å². The van der Waals surface area contributed by atoms with Gasteiger partial charge in [-0.15, -0.1) is 0 Å². The number of esters is 1. The molecule has 0 spiro atoms. The third-order valence-corrected chi connectivity index (χ3v) is 2.50. The number of aliphatic carboxylic acids is 1. The molecule has 2 unspecified atom stereocenters.